The zero-order chi connectivity index (χ0) is 61.9. The summed E-state index contributed by atoms with van der Waals surface area (Å²) in [6, 6.07) is 14.6. The summed E-state index contributed by atoms with van der Waals surface area (Å²) in [7, 11) is 0. The van der Waals surface area contributed by atoms with E-state index < -0.39 is 195 Å². The summed E-state index contributed by atoms with van der Waals surface area (Å²) < 4.78 is 349. The van der Waals surface area contributed by atoms with Crippen LogP contribution in [0, 0.1) is 0 Å². The summed E-state index contributed by atoms with van der Waals surface area (Å²) in [5.74, 6) is 0.959. The number of halogens is 24. The van der Waals surface area contributed by atoms with Crippen LogP contribution in [0.25, 0.3) is 10.9 Å². The third-order valence-electron chi connectivity index (χ3n) is 13.3. The molecule has 0 fully saturated rings. The number of nitrogens with zero attached hydrogens (tertiary/aromatic N) is 1. The average molecular weight is 1210 g/mol. The maximum absolute atomic E-state index is 14.2. The molecule has 0 saturated carbocycles. The average Bonchev–Trinajstić information content (AvgIpc) is 2.86. The van der Waals surface area contributed by atoms with Gasteiger partial charge in [-0.25, -0.2) is 0 Å². The fourth-order valence-corrected chi connectivity index (χ4v) is 9.43. The Labute approximate surface area is 456 Å². The molecule has 83 heavy (non-hydrogen) atoms. The standard InChI is InChI=1S/C32H12BF24.C24H30NO/c34-25(35,36)13-1-14(26(37,38)39)6-21(5-13)33(22-7-15(27(40,41)42)2-16(8-22)28(43,44)45,23-9-17(29(46,47)48)3-18(10-23)30(49,50)51)24-11-19(31(52,53)54)4-20(12-24)32(55,56)57;1-2-3-4-5-6-12-19-26-24-18-17-22-15-10-11-16-23(22)25(24)20-21-13-8-7-9-14-21/h1-12H;7-11,13-18H,2-6,12,19-20H2,1H3/q-1;+1. The number of unbranched alkanes of at least 4 members (excludes halogenated alkanes) is 5. The van der Waals surface area contributed by atoms with Crippen LogP contribution in [0.5, 0.6) is 5.88 Å². The van der Waals surface area contributed by atoms with Gasteiger partial charge in [-0.2, -0.15) is 132 Å². The first-order valence-corrected chi connectivity index (χ1v) is 24.6. The number of aromatic nitrogens is 1. The number of para-hydroxylation sites is 1. The molecule has 0 aliphatic heterocycles. The summed E-state index contributed by atoms with van der Waals surface area (Å²) in [5.41, 5.74) is -27.7. The lowest BCUT2D eigenvalue weighted by molar-refractivity contribution is -0.668. The van der Waals surface area contributed by atoms with Crippen LogP contribution in [-0.2, 0) is 56.0 Å². The fraction of sp³-hybridized carbons (Fsp3) is 0.304. The zero-order valence-electron chi connectivity index (χ0n) is 42.4. The third kappa shape index (κ3) is 16.0. The van der Waals surface area contributed by atoms with E-state index in [2.05, 4.69) is 78.2 Å². The number of ether oxygens (including phenoxy) is 1. The minimum atomic E-state index is -6.13. The minimum absolute atomic E-state index is 0.691. The molecule has 7 rings (SSSR count). The van der Waals surface area contributed by atoms with Crippen molar-refractivity contribution in [3.63, 3.8) is 0 Å². The smallest absolute Gasteiger partial charge is 0.416 e. The number of hydrogen-bond donors (Lipinski definition) is 0. The second kappa shape index (κ2) is 24.3. The van der Waals surface area contributed by atoms with Gasteiger partial charge in [0.1, 0.15) is 6.15 Å². The number of benzene rings is 6. The molecule has 6 aromatic carbocycles. The van der Waals surface area contributed by atoms with Crippen LogP contribution in [0.3, 0.4) is 0 Å². The van der Waals surface area contributed by atoms with Gasteiger partial charge in [0, 0.05) is 17.0 Å². The topological polar surface area (TPSA) is 13.1 Å². The first-order chi connectivity index (χ1) is 38.1. The van der Waals surface area contributed by atoms with Crippen molar-refractivity contribution in [2.45, 2.75) is 101 Å². The van der Waals surface area contributed by atoms with Gasteiger partial charge < -0.3 is 4.74 Å². The van der Waals surface area contributed by atoms with Crippen molar-refractivity contribution in [3.05, 3.63) is 190 Å². The van der Waals surface area contributed by atoms with E-state index in [1.54, 1.807) is 0 Å². The highest BCUT2D eigenvalue weighted by atomic mass is 19.4. The number of rotatable bonds is 14. The molecule has 0 N–H and O–H groups in total. The molecular formula is C56H42BF24NO. The third-order valence-corrected chi connectivity index (χ3v) is 13.3. The minimum Gasteiger partial charge on any atom is -0.444 e. The van der Waals surface area contributed by atoms with Gasteiger partial charge in [0.25, 0.3) is 0 Å². The maximum Gasteiger partial charge on any atom is 0.416 e. The van der Waals surface area contributed by atoms with E-state index in [0.717, 1.165) is 25.5 Å². The first-order valence-electron chi connectivity index (χ1n) is 24.6. The normalized spacial score (nSPS) is 13.3. The molecule has 0 aliphatic rings. The van der Waals surface area contributed by atoms with Gasteiger partial charge in [-0.15, -0.1) is 0 Å². The van der Waals surface area contributed by atoms with E-state index in [9.17, 15) is 105 Å². The summed E-state index contributed by atoms with van der Waals surface area (Å²) in [5, 5.41) is 1.25. The van der Waals surface area contributed by atoms with Gasteiger partial charge >= 0.3 is 55.3 Å². The van der Waals surface area contributed by atoms with Crippen LogP contribution in [-0.4, -0.2) is 12.8 Å². The Morgan fingerprint density at radius 1 is 0.337 bits per heavy atom. The van der Waals surface area contributed by atoms with Crippen molar-refractivity contribution in [2.75, 3.05) is 6.61 Å². The quantitative estimate of drug-likeness (QED) is 0.0458. The van der Waals surface area contributed by atoms with Crippen LogP contribution in [0.1, 0.15) is 95.5 Å². The summed E-state index contributed by atoms with van der Waals surface area (Å²) in [6.07, 6.45) is -47.1. The van der Waals surface area contributed by atoms with Gasteiger partial charge in [-0.1, -0.05) is 130 Å². The fourth-order valence-electron chi connectivity index (χ4n) is 9.43. The monoisotopic (exact) mass is 1210 g/mol. The summed E-state index contributed by atoms with van der Waals surface area (Å²) >= 11 is 0. The second-order valence-electron chi connectivity index (χ2n) is 19.1. The highest BCUT2D eigenvalue weighted by Gasteiger charge is 2.47. The van der Waals surface area contributed by atoms with E-state index >= 15 is 0 Å². The van der Waals surface area contributed by atoms with Gasteiger partial charge in [-0.3, -0.25) is 0 Å². The molecule has 0 amide bonds. The van der Waals surface area contributed by atoms with Crippen LogP contribution in [0.2, 0.25) is 0 Å². The number of fused-ring (bicyclic) bond motifs is 1. The Hall–Kier alpha value is -7.09. The zero-order valence-corrected chi connectivity index (χ0v) is 42.4. The highest BCUT2D eigenvalue weighted by molar-refractivity contribution is 7.20. The lowest BCUT2D eigenvalue weighted by atomic mass is 9.12. The van der Waals surface area contributed by atoms with Gasteiger partial charge in [0.15, 0.2) is 6.54 Å². The van der Waals surface area contributed by atoms with Gasteiger partial charge in [0.05, 0.1) is 57.2 Å². The Balaban J connectivity index is 0.000000352. The molecule has 2 nitrogen and oxygen atoms in total. The lowest BCUT2D eigenvalue weighted by Crippen LogP contribution is -2.75. The molecule has 448 valence electrons. The molecule has 0 radical (unpaired) electrons. The number of alkyl halides is 24. The van der Waals surface area contributed by atoms with Crippen molar-refractivity contribution in [3.8, 4) is 5.88 Å². The van der Waals surface area contributed by atoms with E-state index in [1.807, 2.05) is 0 Å². The van der Waals surface area contributed by atoms with Crippen molar-refractivity contribution in [1.29, 1.82) is 0 Å². The molecule has 0 unspecified atom stereocenters. The predicted octanol–water partition coefficient (Wildman–Crippen LogP) is 17.1. The number of hydrogen-bond acceptors (Lipinski definition) is 1. The van der Waals surface area contributed by atoms with Crippen LogP contribution >= 0.6 is 0 Å². The molecule has 0 bridgehead atoms. The van der Waals surface area contributed by atoms with Crippen molar-refractivity contribution >= 4 is 38.9 Å². The summed E-state index contributed by atoms with van der Waals surface area (Å²) in [4.78, 5) is 0. The molecule has 1 heterocycles. The second-order valence-corrected chi connectivity index (χ2v) is 19.1. The van der Waals surface area contributed by atoms with E-state index in [1.165, 1.54) is 48.6 Å². The first kappa shape index (κ1) is 65.1. The highest BCUT2D eigenvalue weighted by Crippen LogP contribution is 2.41. The SMILES string of the molecule is CCCCCCCCOc1ccc2ccccc2[n+]1Cc1ccccc1.FC(F)(F)c1cc([B-](c2cc(C(F)(F)F)cc(C(F)(F)F)c2)(c2cc(C(F)(F)F)cc(C(F)(F)F)c2)c2cc(C(F)(F)F)cc(C(F)(F)F)c2)cc(C(F)(F)F)c1. The summed E-state index contributed by atoms with van der Waals surface area (Å²) in [6.45, 7) is 3.88. The molecule has 27 heteroatoms. The van der Waals surface area contributed by atoms with E-state index in [-0.39, 0.29) is 0 Å². The lowest BCUT2D eigenvalue weighted by Gasteiger charge is -2.46. The molecule has 1 aromatic heterocycles. The largest absolute Gasteiger partial charge is 0.444 e. The van der Waals surface area contributed by atoms with Gasteiger partial charge in [-0.05, 0) is 42.8 Å². The maximum atomic E-state index is 14.2. The molecule has 0 atom stereocenters. The van der Waals surface area contributed by atoms with Crippen LogP contribution in [0.15, 0.2) is 140 Å². The molecular weight excluding hydrogens is 1170 g/mol. The Kier molecular flexibility index (Phi) is 19.0. The van der Waals surface area contributed by atoms with Crippen molar-refractivity contribution in [1.82, 2.24) is 0 Å². The van der Waals surface area contributed by atoms with Crippen LogP contribution < -0.4 is 31.2 Å². The molecule has 0 spiro atoms. The Morgan fingerprint density at radius 2 is 0.639 bits per heavy atom. The van der Waals surface area contributed by atoms with Crippen LogP contribution in [0.4, 0.5) is 105 Å². The van der Waals surface area contributed by atoms with Gasteiger partial charge in [0.2, 0.25) is 5.52 Å². The van der Waals surface area contributed by atoms with Crippen molar-refractivity contribution in [2.24, 2.45) is 0 Å². The van der Waals surface area contributed by atoms with E-state index in [4.69, 9.17) is 4.74 Å². The number of pyridine rings is 1. The Morgan fingerprint density at radius 3 is 0.964 bits per heavy atom. The molecule has 7 aromatic rings. The van der Waals surface area contributed by atoms with E-state index in [0.29, 0.717) is 0 Å². The predicted molar refractivity (Wildman–Crippen MR) is 259 cm³/mol. The Bertz CT molecular complexity index is 2910. The molecule has 0 aliphatic carbocycles. The van der Waals surface area contributed by atoms with Crippen molar-refractivity contribution < 1.29 is 115 Å². The molecule has 0 saturated heterocycles.